The lowest BCUT2D eigenvalue weighted by atomic mass is 10.0. The van der Waals surface area contributed by atoms with Crippen LogP contribution in [0, 0.1) is 17.6 Å². The van der Waals surface area contributed by atoms with E-state index in [1.807, 2.05) is 6.92 Å². The quantitative estimate of drug-likeness (QED) is 0.864. The normalized spacial score (nSPS) is 23.8. The van der Waals surface area contributed by atoms with Crippen molar-refractivity contribution in [2.75, 3.05) is 6.54 Å². The van der Waals surface area contributed by atoms with Crippen LogP contribution in [0.1, 0.15) is 18.9 Å². The van der Waals surface area contributed by atoms with Crippen LogP contribution in [0.15, 0.2) is 16.6 Å². The highest BCUT2D eigenvalue weighted by Crippen LogP contribution is 2.29. The molecule has 6 heteroatoms. The highest BCUT2D eigenvalue weighted by atomic mass is 79.9. The lowest BCUT2D eigenvalue weighted by Crippen LogP contribution is -2.38. The fourth-order valence-electron chi connectivity index (χ4n) is 2.52. The number of aliphatic carboxylic acids is 1. The number of nitrogens with zero attached hydrogens (tertiary/aromatic N) is 1. The Balaban J connectivity index is 2.27. The van der Waals surface area contributed by atoms with Gasteiger partial charge in [-0.2, -0.15) is 0 Å². The van der Waals surface area contributed by atoms with Gasteiger partial charge in [0.1, 0.15) is 17.7 Å². The molecular weight excluding hydrogens is 320 g/mol. The highest BCUT2D eigenvalue weighted by molar-refractivity contribution is 9.10. The van der Waals surface area contributed by atoms with Crippen molar-refractivity contribution in [3.8, 4) is 0 Å². The van der Waals surface area contributed by atoms with Gasteiger partial charge in [-0.3, -0.25) is 9.69 Å². The molecule has 0 saturated carbocycles. The maximum atomic E-state index is 13.9. The summed E-state index contributed by atoms with van der Waals surface area (Å²) in [4.78, 5) is 12.8. The molecule has 2 unspecified atom stereocenters. The zero-order chi connectivity index (χ0) is 14.2. The van der Waals surface area contributed by atoms with Crippen LogP contribution in [0.25, 0.3) is 0 Å². The molecule has 0 radical (unpaired) electrons. The molecule has 1 aromatic rings. The van der Waals surface area contributed by atoms with E-state index in [0.29, 0.717) is 13.0 Å². The van der Waals surface area contributed by atoms with Crippen LogP contribution in [0.4, 0.5) is 8.78 Å². The Morgan fingerprint density at radius 2 is 2.21 bits per heavy atom. The number of halogens is 3. The van der Waals surface area contributed by atoms with Crippen molar-refractivity contribution in [2.24, 2.45) is 5.92 Å². The number of benzene rings is 1. The van der Waals surface area contributed by atoms with Gasteiger partial charge >= 0.3 is 5.97 Å². The largest absolute Gasteiger partial charge is 0.480 e. The zero-order valence-corrected chi connectivity index (χ0v) is 12.0. The Morgan fingerprint density at radius 3 is 2.84 bits per heavy atom. The maximum absolute atomic E-state index is 13.9. The maximum Gasteiger partial charge on any atom is 0.321 e. The van der Waals surface area contributed by atoms with Gasteiger partial charge in [0.15, 0.2) is 0 Å². The van der Waals surface area contributed by atoms with Crippen LogP contribution in [0.5, 0.6) is 0 Å². The average molecular weight is 334 g/mol. The smallest absolute Gasteiger partial charge is 0.321 e. The average Bonchev–Trinajstić information content (AvgIpc) is 2.71. The predicted octanol–water partition coefficient (Wildman–Crippen LogP) is 3.02. The summed E-state index contributed by atoms with van der Waals surface area (Å²) in [6, 6.07) is 1.80. The standard InChI is InChI=1S/C13H14BrF2NO2/c1-7-4-5-17(12(7)13(18)19)6-8-10(15)3-2-9(14)11(8)16/h2-3,7,12H,4-6H2,1H3,(H,18,19). The fourth-order valence-corrected chi connectivity index (χ4v) is 2.89. The van der Waals surface area contributed by atoms with Gasteiger partial charge in [0.2, 0.25) is 0 Å². The van der Waals surface area contributed by atoms with Gasteiger partial charge in [-0.25, -0.2) is 8.78 Å². The number of likely N-dealkylation sites (tertiary alicyclic amines) is 1. The van der Waals surface area contributed by atoms with E-state index in [1.165, 1.54) is 12.1 Å². The molecule has 0 aliphatic carbocycles. The summed E-state index contributed by atoms with van der Waals surface area (Å²) in [6.07, 6.45) is 0.716. The van der Waals surface area contributed by atoms with E-state index in [9.17, 15) is 18.7 Å². The van der Waals surface area contributed by atoms with Crippen molar-refractivity contribution in [1.82, 2.24) is 4.90 Å². The molecule has 1 aliphatic heterocycles. The van der Waals surface area contributed by atoms with E-state index in [4.69, 9.17) is 0 Å². The van der Waals surface area contributed by atoms with Crippen molar-refractivity contribution in [1.29, 1.82) is 0 Å². The van der Waals surface area contributed by atoms with Gasteiger partial charge in [0.05, 0.1) is 4.47 Å². The molecule has 0 aromatic heterocycles. The Morgan fingerprint density at radius 1 is 1.53 bits per heavy atom. The second kappa shape index (κ2) is 5.54. The van der Waals surface area contributed by atoms with Crippen LogP contribution in [-0.2, 0) is 11.3 Å². The molecule has 0 amide bonds. The van der Waals surface area contributed by atoms with E-state index in [-0.39, 0.29) is 22.5 Å². The molecular formula is C13H14BrF2NO2. The second-order valence-corrected chi connectivity index (χ2v) is 5.70. The summed E-state index contributed by atoms with van der Waals surface area (Å²) < 4.78 is 27.7. The van der Waals surface area contributed by atoms with Crippen LogP contribution in [-0.4, -0.2) is 28.6 Å². The summed E-state index contributed by atoms with van der Waals surface area (Å²) in [5.74, 6) is -2.27. The third-order valence-electron chi connectivity index (χ3n) is 3.56. The Kier molecular flexibility index (Phi) is 4.20. The molecule has 1 saturated heterocycles. The van der Waals surface area contributed by atoms with Crippen LogP contribution in [0.3, 0.4) is 0 Å². The second-order valence-electron chi connectivity index (χ2n) is 4.84. The van der Waals surface area contributed by atoms with Gasteiger partial charge < -0.3 is 5.11 Å². The molecule has 2 rings (SSSR count). The molecule has 1 fully saturated rings. The minimum absolute atomic E-state index is 0.0178. The first kappa shape index (κ1) is 14.4. The minimum atomic E-state index is -0.944. The zero-order valence-electron chi connectivity index (χ0n) is 10.4. The topological polar surface area (TPSA) is 40.5 Å². The summed E-state index contributed by atoms with van der Waals surface area (Å²) >= 11 is 3.01. The number of hydrogen-bond acceptors (Lipinski definition) is 2. The van der Waals surface area contributed by atoms with E-state index in [1.54, 1.807) is 4.90 Å². The Bertz CT molecular complexity index is 510. The van der Waals surface area contributed by atoms with Gasteiger partial charge in [0.25, 0.3) is 0 Å². The summed E-state index contributed by atoms with van der Waals surface area (Å²) in [5.41, 5.74) is -0.0882. The summed E-state index contributed by atoms with van der Waals surface area (Å²) in [6.45, 7) is 2.34. The van der Waals surface area contributed by atoms with Gasteiger partial charge in [-0.1, -0.05) is 6.92 Å². The molecule has 2 atom stereocenters. The number of carboxylic acids is 1. The number of carbonyl (C=O) groups is 1. The van der Waals surface area contributed by atoms with E-state index in [2.05, 4.69) is 15.9 Å². The molecule has 0 bridgehead atoms. The van der Waals surface area contributed by atoms with Crippen LogP contribution in [0.2, 0.25) is 0 Å². The van der Waals surface area contributed by atoms with E-state index < -0.39 is 23.6 Å². The molecule has 1 aromatic carbocycles. The van der Waals surface area contributed by atoms with Gasteiger partial charge in [0, 0.05) is 12.1 Å². The van der Waals surface area contributed by atoms with Gasteiger partial charge in [-0.05, 0) is 46.9 Å². The Hall–Kier alpha value is -1.01. The highest BCUT2D eigenvalue weighted by Gasteiger charge is 2.37. The minimum Gasteiger partial charge on any atom is -0.480 e. The van der Waals surface area contributed by atoms with Crippen molar-refractivity contribution in [2.45, 2.75) is 25.9 Å². The predicted molar refractivity (Wildman–Crippen MR) is 69.7 cm³/mol. The first-order chi connectivity index (χ1) is 8.91. The molecule has 1 N–H and O–H groups in total. The number of carboxylic acid groups (broad SMARTS) is 1. The molecule has 1 aliphatic rings. The molecule has 104 valence electrons. The van der Waals surface area contributed by atoms with Crippen LogP contribution < -0.4 is 0 Å². The third kappa shape index (κ3) is 2.79. The fraction of sp³-hybridized carbons (Fsp3) is 0.462. The van der Waals surface area contributed by atoms with Crippen LogP contribution >= 0.6 is 15.9 Å². The van der Waals surface area contributed by atoms with E-state index in [0.717, 1.165) is 0 Å². The third-order valence-corrected chi connectivity index (χ3v) is 4.17. The monoisotopic (exact) mass is 333 g/mol. The molecule has 1 heterocycles. The van der Waals surface area contributed by atoms with Crippen molar-refractivity contribution in [3.05, 3.63) is 33.8 Å². The molecule has 3 nitrogen and oxygen atoms in total. The van der Waals surface area contributed by atoms with Crippen molar-refractivity contribution in [3.63, 3.8) is 0 Å². The van der Waals surface area contributed by atoms with E-state index >= 15 is 0 Å². The van der Waals surface area contributed by atoms with Crippen molar-refractivity contribution < 1.29 is 18.7 Å². The first-order valence-corrected chi connectivity index (χ1v) is 6.80. The SMILES string of the molecule is CC1CCN(Cc2c(F)ccc(Br)c2F)C1C(=O)O. The summed E-state index contributed by atoms with van der Waals surface area (Å²) in [5, 5.41) is 9.19. The lowest BCUT2D eigenvalue weighted by molar-refractivity contribution is -0.143. The first-order valence-electron chi connectivity index (χ1n) is 6.01. The number of rotatable bonds is 3. The Labute approximate surface area is 118 Å². The number of hydrogen-bond donors (Lipinski definition) is 1. The molecule has 0 spiro atoms. The lowest BCUT2D eigenvalue weighted by Gasteiger charge is -2.23. The van der Waals surface area contributed by atoms with Crippen molar-refractivity contribution >= 4 is 21.9 Å². The molecule has 19 heavy (non-hydrogen) atoms. The summed E-state index contributed by atoms with van der Waals surface area (Å²) in [7, 11) is 0. The van der Waals surface area contributed by atoms with Gasteiger partial charge in [-0.15, -0.1) is 0 Å².